The monoisotopic (exact) mass is 413 g/mol. The molecular weight excluding hydrogens is 382 g/mol. The van der Waals surface area contributed by atoms with Gasteiger partial charge in [0.2, 0.25) is 0 Å². The van der Waals surface area contributed by atoms with Crippen LogP contribution in [0.25, 0.3) is 6.08 Å². The van der Waals surface area contributed by atoms with E-state index < -0.39 is 0 Å². The molecule has 0 radical (unpaired) electrons. The minimum atomic E-state index is -0.311. The zero-order valence-electron chi connectivity index (χ0n) is 18.3. The van der Waals surface area contributed by atoms with E-state index in [1.807, 2.05) is 19.9 Å². The van der Waals surface area contributed by atoms with E-state index in [0.29, 0.717) is 24.1 Å². The van der Waals surface area contributed by atoms with Crippen LogP contribution in [0.1, 0.15) is 65.0 Å². The third kappa shape index (κ3) is 3.59. The first-order valence-corrected chi connectivity index (χ1v) is 10.9. The highest BCUT2D eigenvalue weighted by molar-refractivity contribution is 7.80. The molecule has 0 bridgehead atoms. The fourth-order valence-electron chi connectivity index (χ4n) is 4.75. The number of benzene rings is 1. The van der Waals surface area contributed by atoms with E-state index in [1.165, 1.54) is 21.1 Å². The largest absolute Gasteiger partial charge is 0.366 e. The van der Waals surface area contributed by atoms with Crippen LogP contribution in [0.5, 0.6) is 0 Å². The predicted molar refractivity (Wildman–Crippen MR) is 122 cm³/mol. The summed E-state index contributed by atoms with van der Waals surface area (Å²) < 4.78 is 0. The Kier molecular flexibility index (Phi) is 5.86. The highest BCUT2D eigenvalue weighted by atomic mass is 32.1. The standard InChI is InChI=1S/C23H31N3O2S/c1-7-24-20(27)18(21(28)25(8-2)22(24)29)13-16-10-11-19-17(12-16)15(4)14-23(5,6)26(19)9-3/h10-13,15H,7-9,14H2,1-6H3. The quantitative estimate of drug-likeness (QED) is 0.422. The van der Waals surface area contributed by atoms with E-state index in [1.54, 1.807) is 6.08 Å². The van der Waals surface area contributed by atoms with Gasteiger partial charge in [0.05, 0.1) is 0 Å². The van der Waals surface area contributed by atoms with Crippen LogP contribution < -0.4 is 4.90 Å². The van der Waals surface area contributed by atoms with Crippen LogP contribution in [0, 0.1) is 0 Å². The lowest BCUT2D eigenvalue weighted by atomic mass is 9.79. The number of carbonyl (C=O) groups is 2. The van der Waals surface area contributed by atoms with E-state index in [-0.39, 0.29) is 22.9 Å². The minimum Gasteiger partial charge on any atom is -0.366 e. The Labute approximate surface area is 179 Å². The van der Waals surface area contributed by atoms with Gasteiger partial charge in [-0.1, -0.05) is 13.0 Å². The first kappa shape index (κ1) is 21.5. The number of fused-ring (bicyclic) bond motifs is 1. The first-order valence-electron chi connectivity index (χ1n) is 10.5. The highest BCUT2D eigenvalue weighted by Crippen LogP contribution is 2.43. The molecule has 2 aliphatic heterocycles. The number of thiocarbonyl (C=S) groups is 1. The lowest BCUT2D eigenvalue weighted by Crippen LogP contribution is -2.55. The molecule has 0 aliphatic carbocycles. The van der Waals surface area contributed by atoms with E-state index in [9.17, 15) is 9.59 Å². The predicted octanol–water partition coefficient (Wildman–Crippen LogP) is 4.18. The van der Waals surface area contributed by atoms with Gasteiger partial charge in [-0.2, -0.15) is 0 Å². The smallest absolute Gasteiger partial charge is 0.265 e. The summed E-state index contributed by atoms with van der Waals surface area (Å²) in [5, 5.41) is 0.294. The maximum absolute atomic E-state index is 12.9. The number of likely N-dealkylation sites (N-methyl/N-ethyl adjacent to an activating group) is 2. The highest BCUT2D eigenvalue weighted by Gasteiger charge is 2.38. The molecule has 0 saturated carbocycles. The molecule has 156 valence electrons. The van der Waals surface area contributed by atoms with Gasteiger partial charge in [-0.25, -0.2) is 0 Å². The second-order valence-corrected chi connectivity index (χ2v) is 8.78. The summed E-state index contributed by atoms with van der Waals surface area (Å²) in [7, 11) is 0. The molecule has 5 nitrogen and oxygen atoms in total. The van der Waals surface area contributed by atoms with Crippen molar-refractivity contribution in [1.82, 2.24) is 9.80 Å². The Morgan fingerprint density at radius 2 is 1.66 bits per heavy atom. The molecule has 29 heavy (non-hydrogen) atoms. The molecular formula is C23H31N3O2S. The molecule has 2 aliphatic rings. The number of hydrogen-bond donors (Lipinski definition) is 0. The number of amides is 2. The average molecular weight is 414 g/mol. The van der Waals surface area contributed by atoms with Crippen LogP contribution in [-0.2, 0) is 9.59 Å². The molecule has 1 saturated heterocycles. The lowest BCUT2D eigenvalue weighted by molar-refractivity contribution is -0.133. The van der Waals surface area contributed by atoms with Crippen LogP contribution >= 0.6 is 12.2 Å². The molecule has 0 spiro atoms. The Morgan fingerprint density at radius 1 is 1.07 bits per heavy atom. The second-order valence-electron chi connectivity index (χ2n) is 8.42. The van der Waals surface area contributed by atoms with Crippen LogP contribution in [0.15, 0.2) is 23.8 Å². The summed E-state index contributed by atoms with van der Waals surface area (Å²) >= 11 is 5.34. The van der Waals surface area contributed by atoms with Gasteiger partial charge in [-0.3, -0.25) is 19.4 Å². The van der Waals surface area contributed by atoms with E-state index in [0.717, 1.165) is 18.5 Å². The number of rotatable bonds is 4. The van der Waals surface area contributed by atoms with Crippen molar-refractivity contribution >= 4 is 40.9 Å². The summed E-state index contributed by atoms with van der Waals surface area (Å²) in [6, 6.07) is 6.26. The van der Waals surface area contributed by atoms with Crippen LogP contribution in [0.2, 0.25) is 0 Å². The van der Waals surface area contributed by atoms with E-state index in [4.69, 9.17) is 12.2 Å². The summed E-state index contributed by atoms with van der Waals surface area (Å²) in [5.41, 5.74) is 3.68. The molecule has 0 N–H and O–H groups in total. The van der Waals surface area contributed by atoms with Gasteiger partial charge in [-0.15, -0.1) is 0 Å². The van der Waals surface area contributed by atoms with Crippen molar-refractivity contribution in [2.45, 2.75) is 59.4 Å². The van der Waals surface area contributed by atoms with Crippen LogP contribution in [0.3, 0.4) is 0 Å². The molecule has 1 unspecified atom stereocenters. The minimum absolute atomic E-state index is 0.107. The number of carbonyl (C=O) groups excluding carboxylic acids is 2. The van der Waals surface area contributed by atoms with Gasteiger partial charge < -0.3 is 4.90 Å². The Morgan fingerprint density at radius 3 is 2.17 bits per heavy atom. The Hall–Kier alpha value is -2.21. The van der Waals surface area contributed by atoms with E-state index in [2.05, 4.69) is 44.7 Å². The number of nitrogens with zero attached hydrogens (tertiary/aromatic N) is 3. The van der Waals surface area contributed by atoms with Gasteiger partial charge in [0.25, 0.3) is 11.8 Å². The second kappa shape index (κ2) is 7.90. The SMILES string of the molecule is CCN1C(=O)C(=Cc2ccc3c(c2)C(C)CC(C)(C)N3CC)C(=O)N(CC)C1=S. The third-order valence-electron chi connectivity index (χ3n) is 6.08. The summed E-state index contributed by atoms with van der Waals surface area (Å²) in [5.74, 6) is -0.214. The van der Waals surface area contributed by atoms with Crippen LogP contribution in [0.4, 0.5) is 5.69 Å². The first-order chi connectivity index (χ1) is 13.7. The van der Waals surface area contributed by atoms with Crippen molar-refractivity contribution in [2.24, 2.45) is 0 Å². The fourth-order valence-corrected chi connectivity index (χ4v) is 5.17. The van der Waals surface area contributed by atoms with Gasteiger partial charge >= 0.3 is 0 Å². The molecule has 2 amide bonds. The maximum Gasteiger partial charge on any atom is 0.265 e. The fraction of sp³-hybridized carbons (Fsp3) is 0.522. The van der Waals surface area contributed by atoms with Gasteiger partial charge in [0, 0.05) is 30.9 Å². The molecule has 6 heteroatoms. The molecule has 1 fully saturated rings. The van der Waals surface area contributed by atoms with E-state index >= 15 is 0 Å². The number of hydrogen-bond acceptors (Lipinski definition) is 4. The molecule has 1 aromatic carbocycles. The van der Waals surface area contributed by atoms with Crippen molar-refractivity contribution in [1.29, 1.82) is 0 Å². The summed E-state index contributed by atoms with van der Waals surface area (Å²) in [6.07, 6.45) is 2.79. The molecule has 1 atom stereocenters. The van der Waals surface area contributed by atoms with Crippen molar-refractivity contribution in [3.05, 3.63) is 34.9 Å². The summed E-state index contributed by atoms with van der Waals surface area (Å²) in [6.45, 7) is 14.6. The maximum atomic E-state index is 12.9. The third-order valence-corrected chi connectivity index (χ3v) is 6.52. The lowest BCUT2D eigenvalue weighted by Gasteiger charge is -2.47. The Balaban J connectivity index is 2.05. The molecule has 1 aromatic rings. The van der Waals surface area contributed by atoms with Gasteiger partial charge in [0.1, 0.15) is 5.57 Å². The van der Waals surface area contributed by atoms with Crippen LogP contribution in [-0.4, -0.2) is 51.9 Å². The zero-order valence-corrected chi connectivity index (χ0v) is 19.1. The average Bonchev–Trinajstić information content (AvgIpc) is 2.66. The normalized spacial score (nSPS) is 21.6. The molecule has 0 aromatic heterocycles. The van der Waals surface area contributed by atoms with Crippen molar-refractivity contribution < 1.29 is 9.59 Å². The molecule has 2 heterocycles. The Bertz CT molecular complexity index is 862. The van der Waals surface area contributed by atoms with Crippen molar-refractivity contribution in [2.75, 3.05) is 24.5 Å². The molecule has 3 rings (SSSR count). The number of anilines is 1. The van der Waals surface area contributed by atoms with Crippen molar-refractivity contribution in [3.63, 3.8) is 0 Å². The topological polar surface area (TPSA) is 43.9 Å². The van der Waals surface area contributed by atoms with Crippen molar-refractivity contribution in [3.8, 4) is 0 Å². The van der Waals surface area contributed by atoms with Gasteiger partial charge in [-0.05, 0) is 88.5 Å². The zero-order chi connectivity index (χ0) is 21.5. The van der Waals surface area contributed by atoms with Gasteiger partial charge in [0.15, 0.2) is 5.11 Å². The summed E-state index contributed by atoms with van der Waals surface area (Å²) in [4.78, 5) is 31.2.